The summed E-state index contributed by atoms with van der Waals surface area (Å²) in [4.78, 5) is 16.2. The van der Waals surface area contributed by atoms with Crippen LogP contribution in [0.2, 0.25) is 0 Å². The summed E-state index contributed by atoms with van der Waals surface area (Å²) in [7, 11) is 1.86. The first-order chi connectivity index (χ1) is 17.7. The van der Waals surface area contributed by atoms with E-state index in [2.05, 4.69) is 26.2 Å². The Morgan fingerprint density at radius 2 is 1.86 bits per heavy atom. The van der Waals surface area contributed by atoms with Gasteiger partial charge in [-0.2, -0.15) is 15.5 Å². The lowest BCUT2D eigenvalue weighted by Crippen LogP contribution is -2.38. The predicted molar refractivity (Wildman–Crippen MR) is 133 cm³/mol. The molecular formula is C26H23N9O. The molecule has 10 nitrogen and oxygen atoms in total. The summed E-state index contributed by atoms with van der Waals surface area (Å²) in [5.74, 6) is 1.57. The molecule has 0 aromatic carbocycles. The van der Waals surface area contributed by atoms with Crippen molar-refractivity contribution in [2.75, 3.05) is 18.0 Å². The van der Waals surface area contributed by atoms with Gasteiger partial charge in [-0.15, -0.1) is 0 Å². The highest BCUT2D eigenvalue weighted by Gasteiger charge is 2.22. The standard InChI is InChI=1S/C26H23N9O/c1-33-16-20(15-30-33)22-17-35-26(19(12-27)14-31-35)25(32-22)18-5-6-23(29-13-18)34-10-7-21(8-11-34)36-24-4-2-3-9-28-24/h2-6,9,13-17,21H,7-8,10-11H2,1H3. The minimum atomic E-state index is 0.148. The molecule has 0 saturated carbocycles. The molecule has 5 aromatic heterocycles. The van der Waals surface area contributed by atoms with Crippen LogP contribution in [0.15, 0.2) is 67.5 Å². The molecule has 0 radical (unpaired) electrons. The van der Waals surface area contributed by atoms with Crippen molar-refractivity contribution < 1.29 is 4.74 Å². The van der Waals surface area contributed by atoms with E-state index in [0.717, 1.165) is 48.6 Å². The second kappa shape index (κ2) is 9.11. The van der Waals surface area contributed by atoms with E-state index >= 15 is 0 Å². The minimum Gasteiger partial charge on any atom is -0.474 e. The molecule has 0 bridgehead atoms. The van der Waals surface area contributed by atoms with Crippen molar-refractivity contribution in [3.05, 3.63) is 73.1 Å². The first-order valence-electron chi connectivity index (χ1n) is 11.7. The number of pyridine rings is 2. The number of rotatable bonds is 5. The van der Waals surface area contributed by atoms with Crippen LogP contribution < -0.4 is 9.64 Å². The van der Waals surface area contributed by atoms with Crippen LogP contribution in [-0.4, -0.2) is 53.5 Å². The second-order valence-electron chi connectivity index (χ2n) is 8.72. The van der Waals surface area contributed by atoms with E-state index in [9.17, 15) is 5.26 Å². The quantitative estimate of drug-likeness (QED) is 0.378. The van der Waals surface area contributed by atoms with Gasteiger partial charge in [-0.3, -0.25) is 4.68 Å². The van der Waals surface area contributed by atoms with E-state index in [1.165, 1.54) is 0 Å². The van der Waals surface area contributed by atoms with Gasteiger partial charge in [-0.1, -0.05) is 6.07 Å². The topological polar surface area (TPSA) is 110 Å². The lowest BCUT2D eigenvalue weighted by Gasteiger charge is -2.32. The molecule has 6 heterocycles. The highest BCUT2D eigenvalue weighted by Crippen LogP contribution is 2.30. The van der Waals surface area contributed by atoms with E-state index in [4.69, 9.17) is 14.7 Å². The average Bonchev–Trinajstić information content (AvgIpc) is 3.55. The maximum Gasteiger partial charge on any atom is 0.213 e. The fourth-order valence-electron chi connectivity index (χ4n) is 4.49. The van der Waals surface area contributed by atoms with Gasteiger partial charge in [0.25, 0.3) is 0 Å². The fraction of sp³-hybridized carbons (Fsp3) is 0.231. The van der Waals surface area contributed by atoms with Gasteiger partial charge in [-0.05, 0) is 18.2 Å². The largest absolute Gasteiger partial charge is 0.474 e. The monoisotopic (exact) mass is 477 g/mol. The number of nitrogens with zero attached hydrogens (tertiary/aromatic N) is 9. The third kappa shape index (κ3) is 4.11. The van der Waals surface area contributed by atoms with Crippen LogP contribution in [0, 0.1) is 11.3 Å². The Bertz CT molecular complexity index is 1540. The maximum atomic E-state index is 9.63. The number of fused-ring (bicyclic) bond motifs is 1. The van der Waals surface area contributed by atoms with E-state index in [0.29, 0.717) is 22.7 Å². The summed E-state index contributed by atoms with van der Waals surface area (Å²) >= 11 is 0. The number of aryl methyl sites for hydroxylation is 1. The zero-order valence-corrected chi connectivity index (χ0v) is 19.7. The molecule has 0 N–H and O–H groups in total. The molecule has 1 saturated heterocycles. The summed E-state index contributed by atoms with van der Waals surface area (Å²) in [6.07, 6.45) is 12.5. The summed E-state index contributed by atoms with van der Waals surface area (Å²) in [5, 5.41) is 18.3. The van der Waals surface area contributed by atoms with Crippen LogP contribution in [0.3, 0.4) is 0 Å². The van der Waals surface area contributed by atoms with E-state index in [1.807, 2.05) is 56.0 Å². The normalized spacial score (nSPS) is 14.2. The molecule has 36 heavy (non-hydrogen) atoms. The number of piperidine rings is 1. The number of hydrogen-bond acceptors (Lipinski definition) is 8. The molecule has 178 valence electrons. The predicted octanol–water partition coefficient (Wildman–Crippen LogP) is 3.51. The smallest absolute Gasteiger partial charge is 0.213 e. The zero-order chi connectivity index (χ0) is 24.5. The molecule has 0 spiro atoms. The summed E-state index contributed by atoms with van der Waals surface area (Å²) in [6, 6.07) is 11.9. The first-order valence-corrected chi connectivity index (χ1v) is 11.7. The lowest BCUT2D eigenvalue weighted by molar-refractivity contribution is 0.164. The summed E-state index contributed by atoms with van der Waals surface area (Å²) < 4.78 is 9.44. The van der Waals surface area contributed by atoms with Crippen LogP contribution in [0.25, 0.3) is 28.0 Å². The molecule has 0 aliphatic carbocycles. The Morgan fingerprint density at radius 1 is 0.972 bits per heavy atom. The number of nitriles is 1. The summed E-state index contributed by atoms with van der Waals surface area (Å²) in [6.45, 7) is 1.70. The molecule has 0 unspecified atom stereocenters. The first kappa shape index (κ1) is 21.7. The Hall–Kier alpha value is -4.78. The molecule has 6 rings (SSSR count). The number of anilines is 1. The molecule has 1 aliphatic heterocycles. The molecule has 0 atom stereocenters. The van der Waals surface area contributed by atoms with E-state index < -0.39 is 0 Å². The van der Waals surface area contributed by atoms with Crippen LogP contribution >= 0.6 is 0 Å². The Morgan fingerprint density at radius 3 is 2.56 bits per heavy atom. The Balaban J connectivity index is 1.25. The Labute approximate surface area is 207 Å². The third-order valence-electron chi connectivity index (χ3n) is 6.33. The molecule has 0 amide bonds. The van der Waals surface area contributed by atoms with Gasteiger partial charge >= 0.3 is 0 Å². The maximum absolute atomic E-state index is 9.63. The van der Waals surface area contributed by atoms with E-state index in [1.54, 1.807) is 27.8 Å². The molecule has 10 heteroatoms. The second-order valence-corrected chi connectivity index (χ2v) is 8.72. The van der Waals surface area contributed by atoms with Crippen molar-refractivity contribution >= 4 is 11.3 Å². The van der Waals surface area contributed by atoms with Gasteiger partial charge in [0, 0.05) is 68.8 Å². The van der Waals surface area contributed by atoms with Gasteiger partial charge in [0.2, 0.25) is 5.88 Å². The van der Waals surface area contributed by atoms with Crippen molar-refractivity contribution in [2.24, 2.45) is 7.05 Å². The average molecular weight is 478 g/mol. The number of aromatic nitrogens is 7. The molecule has 1 aliphatic rings. The van der Waals surface area contributed by atoms with Crippen LogP contribution in [0.4, 0.5) is 5.82 Å². The zero-order valence-electron chi connectivity index (χ0n) is 19.7. The highest BCUT2D eigenvalue weighted by molar-refractivity contribution is 5.83. The van der Waals surface area contributed by atoms with Gasteiger partial charge in [-0.25, -0.2) is 19.5 Å². The van der Waals surface area contributed by atoms with Gasteiger partial charge in [0.05, 0.1) is 30.0 Å². The highest BCUT2D eigenvalue weighted by atomic mass is 16.5. The number of hydrogen-bond donors (Lipinski definition) is 0. The van der Waals surface area contributed by atoms with Crippen molar-refractivity contribution in [1.82, 2.24) is 34.3 Å². The van der Waals surface area contributed by atoms with E-state index in [-0.39, 0.29) is 6.10 Å². The molecule has 5 aromatic rings. The minimum absolute atomic E-state index is 0.148. The Kier molecular flexibility index (Phi) is 5.50. The lowest BCUT2D eigenvalue weighted by atomic mass is 10.1. The van der Waals surface area contributed by atoms with Gasteiger partial charge in [0.1, 0.15) is 29.1 Å². The number of ether oxygens (including phenoxy) is 1. The van der Waals surface area contributed by atoms with Crippen LogP contribution in [-0.2, 0) is 7.05 Å². The van der Waals surface area contributed by atoms with Crippen LogP contribution in [0.5, 0.6) is 5.88 Å². The van der Waals surface area contributed by atoms with Crippen LogP contribution in [0.1, 0.15) is 18.4 Å². The third-order valence-corrected chi connectivity index (χ3v) is 6.33. The molecule has 1 fully saturated rings. The van der Waals surface area contributed by atoms with Gasteiger partial charge in [0.15, 0.2) is 0 Å². The van der Waals surface area contributed by atoms with Crippen molar-refractivity contribution in [3.8, 4) is 34.5 Å². The summed E-state index contributed by atoms with van der Waals surface area (Å²) in [5.41, 5.74) is 4.19. The SMILES string of the molecule is Cn1cc(-c2cn3ncc(C#N)c3c(-c3ccc(N4CCC(Oc5ccccn5)CC4)nc3)n2)cn1. The molecular weight excluding hydrogens is 454 g/mol. The van der Waals surface area contributed by atoms with Crippen molar-refractivity contribution in [3.63, 3.8) is 0 Å². The van der Waals surface area contributed by atoms with Crippen molar-refractivity contribution in [1.29, 1.82) is 5.26 Å². The van der Waals surface area contributed by atoms with Crippen molar-refractivity contribution in [2.45, 2.75) is 18.9 Å². The fourth-order valence-corrected chi connectivity index (χ4v) is 4.49. The van der Waals surface area contributed by atoms with Gasteiger partial charge < -0.3 is 9.64 Å².